The second-order valence-electron chi connectivity index (χ2n) is 3.89. The minimum Gasteiger partial charge on any atom is -0.330 e. The van der Waals surface area contributed by atoms with Gasteiger partial charge in [-0.15, -0.1) is 0 Å². The molecule has 0 saturated heterocycles. The molecule has 0 atom stereocenters. The molecule has 74 valence electrons. The van der Waals surface area contributed by atoms with Crippen molar-refractivity contribution in [2.45, 2.75) is 18.3 Å². The van der Waals surface area contributed by atoms with Crippen LogP contribution in [0.15, 0.2) is 28.7 Å². The second-order valence-corrected chi connectivity index (χ2v) is 4.80. The van der Waals surface area contributed by atoms with E-state index in [0.29, 0.717) is 25.2 Å². The Morgan fingerprint density at radius 1 is 1.43 bits per heavy atom. The van der Waals surface area contributed by atoms with Gasteiger partial charge in [0.15, 0.2) is 0 Å². The van der Waals surface area contributed by atoms with Crippen LogP contribution in [0.5, 0.6) is 0 Å². The molecule has 1 aromatic rings. The molecule has 1 aliphatic rings. The van der Waals surface area contributed by atoms with Crippen molar-refractivity contribution in [2.24, 2.45) is 5.73 Å². The number of carbonyl (C=O) groups excluding carboxylic acids is 1. The van der Waals surface area contributed by atoms with Gasteiger partial charge in [0.1, 0.15) is 5.78 Å². The van der Waals surface area contributed by atoms with E-state index in [9.17, 15) is 4.79 Å². The maximum atomic E-state index is 11.1. The van der Waals surface area contributed by atoms with E-state index in [1.165, 1.54) is 5.56 Å². The molecule has 2 rings (SSSR count). The number of nitrogens with two attached hydrogens (primary N) is 1. The third-order valence-electron chi connectivity index (χ3n) is 2.90. The van der Waals surface area contributed by atoms with Gasteiger partial charge >= 0.3 is 0 Å². The lowest BCUT2D eigenvalue weighted by Gasteiger charge is -2.40. The molecule has 0 aliphatic heterocycles. The first-order valence-electron chi connectivity index (χ1n) is 4.64. The zero-order valence-corrected chi connectivity index (χ0v) is 9.38. The number of carbonyl (C=O) groups is 1. The van der Waals surface area contributed by atoms with Gasteiger partial charge in [0, 0.05) is 29.3 Å². The monoisotopic (exact) mass is 253 g/mol. The summed E-state index contributed by atoms with van der Waals surface area (Å²) in [4.78, 5) is 11.1. The fourth-order valence-corrected chi connectivity index (χ4v) is 2.39. The standard InChI is InChI=1S/C11H12BrNO/c12-9-3-1-2-8(4-9)11(7-13)5-10(14)6-11/h1-4H,5-7,13H2. The minimum absolute atomic E-state index is 0.0825. The first kappa shape index (κ1) is 9.87. The molecular weight excluding hydrogens is 242 g/mol. The molecule has 1 fully saturated rings. The number of hydrogen-bond donors (Lipinski definition) is 1. The van der Waals surface area contributed by atoms with Crippen molar-refractivity contribution < 1.29 is 4.79 Å². The average molecular weight is 254 g/mol. The van der Waals surface area contributed by atoms with Crippen LogP contribution in [-0.2, 0) is 10.2 Å². The molecule has 3 heteroatoms. The van der Waals surface area contributed by atoms with Gasteiger partial charge in [-0.1, -0.05) is 28.1 Å². The first-order chi connectivity index (χ1) is 6.66. The van der Waals surface area contributed by atoms with E-state index in [1.807, 2.05) is 18.2 Å². The second kappa shape index (κ2) is 3.48. The zero-order valence-electron chi connectivity index (χ0n) is 7.79. The molecule has 1 aromatic carbocycles. The lowest BCUT2D eigenvalue weighted by atomic mass is 9.64. The van der Waals surface area contributed by atoms with Crippen LogP contribution in [0.4, 0.5) is 0 Å². The molecule has 0 spiro atoms. The average Bonchev–Trinajstić information content (AvgIpc) is 2.12. The van der Waals surface area contributed by atoms with Gasteiger partial charge in [-0.25, -0.2) is 0 Å². The molecule has 1 aliphatic carbocycles. The molecular formula is C11H12BrNO. The number of hydrogen-bond acceptors (Lipinski definition) is 2. The summed E-state index contributed by atoms with van der Waals surface area (Å²) in [5, 5.41) is 0. The minimum atomic E-state index is -0.0825. The van der Waals surface area contributed by atoms with Gasteiger partial charge in [0.05, 0.1) is 0 Å². The predicted octanol–water partition coefficient (Wildman–Crippen LogP) is 2.01. The number of Topliss-reactive ketones (excluding diaryl/α,β-unsaturated/α-hetero) is 1. The number of rotatable bonds is 2. The highest BCUT2D eigenvalue weighted by Crippen LogP contribution is 2.40. The van der Waals surface area contributed by atoms with Crippen LogP contribution in [-0.4, -0.2) is 12.3 Å². The van der Waals surface area contributed by atoms with Crippen molar-refractivity contribution >= 4 is 21.7 Å². The molecule has 0 aromatic heterocycles. The van der Waals surface area contributed by atoms with E-state index < -0.39 is 0 Å². The smallest absolute Gasteiger partial charge is 0.134 e. The third-order valence-corrected chi connectivity index (χ3v) is 3.39. The Morgan fingerprint density at radius 3 is 2.64 bits per heavy atom. The summed E-state index contributed by atoms with van der Waals surface area (Å²) in [7, 11) is 0. The summed E-state index contributed by atoms with van der Waals surface area (Å²) < 4.78 is 1.04. The van der Waals surface area contributed by atoms with Crippen molar-refractivity contribution in [3.8, 4) is 0 Å². The number of halogens is 1. The van der Waals surface area contributed by atoms with E-state index in [1.54, 1.807) is 0 Å². The molecule has 14 heavy (non-hydrogen) atoms. The summed E-state index contributed by atoms with van der Waals surface area (Å²) in [6.07, 6.45) is 1.19. The van der Waals surface area contributed by atoms with Crippen molar-refractivity contribution in [1.29, 1.82) is 0 Å². The summed E-state index contributed by atoms with van der Waals surface area (Å²) in [6.45, 7) is 0.551. The third kappa shape index (κ3) is 1.51. The molecule has 1 saturated carbocycles. The molecule has 0 amide bonds. The van der Waals surface area contributed by atoms with Gasteiger partial charge < -0.3 is 5.73 Å². The van der Waals surface area contributed by atoms with Crippen molar-refractivity contribution in [2.75, 3.05) is 6.54 Å². The van der Waals surface area contributed by atoms with Gasteiger partial charge in [-0.3, -0.25) is 4.79 Å². The fraction of sp³-hybridized carbons (Fsp3) is 0.364. The maximum absolute atomic E-state index is 11.1. The van der Waals surface area contributed by atoms with E-state index in [2.05, 4.69) is 22.0 Å². The summed E-state index contributed by atoms with van der Waals surface area (Å²) >= 11 is 3.43. The van der Waals surface area contributed by atoms with Crippen LogP contribution < -0.4 is 5.73 Å². The number of ketones is 1. The van der Waals surface area contributed by atoms with Crippen LogP contribution in [0.25, 0.3) is 0 Å². The van der Waals surface area contributed by atoms with Crippen molar-refractivity contribution in [1.82, 2.24) is 0 Å². The van der Waals surface area contributed by atoms with E-state index in [4.69, 9.17) is 5.73 Å². The maximum Gasteiger partial charge on any atom is 0.134 e. The Kier molecular flexibility index (Phi) is 2.45. The first-order valence-corrected chi connectivity index (χ1v) is 5.43. The van der Waals surface area contributed by atoms with Gasteiger partial charge in [0.25, 0.3) is 0 Å². The quantitative estimate of drug-likeness (QED) is 0.877. The topological polar surface area (TPSA) is 43.1 Å². The van der Waals surface area contributed by atoms with Crippen LogP contribution >= 0.6 is 15.9 Å². The Balaban J connectivity index is 2.33. The molecule has 2 nitrogen and oxygen atoms in total. The highest BCUT2D eigenvalue weighted by Gasteiger charge is 2.43. The van der Waals surface area contributed by atoms with E-state index >= 15 is 0 Å². The van der Waals surface area contributed by atoms with Crippen LogP contribution in [0, 0.1) is 0 Å². The van der Waals surface area contributed by atoms with Gasteiger partial charge in [-0.2, -0.15) is 0 Å². The summed E-state index contributed by atoms with van der Waals surface area (Å²) in [6, 6.07) is 8.07. The molecule has 0 radical (unpaired) electrons. The Hall–Kier alpha value is -0.670. The molecule has 2 N–H and O–H groups in total. The van der Waals surface area contributed by atoms with Gasteiger partial charge in [0.2, 0.25) is 0 Å². The van der Waals surface area contributed by atoms with Crippen LogP contribution in [0.3, 0.4) is 0 Å². The normalized spacial score (nSPS) is 19.1. The molecule has 0 heterocycles. The van der Waals surface area contributed by atoms with Gasteiger partial charge in [-0.05, 0) is 17.7 Å². The number of benzene rings is 1. The lowest BCUT2D eigenvalue weighted by Crippen LogP contribution is -2.47. The van der Waals surface area contributed by atoms with E-state index in [-0.39, 0.29) is 5.41 Å². The molecule has 0 unspecified atom stereocenters. The van der Waals surface area contributed by atoms with Crippen molar-refractivity contribution in [3.63, 3.8) is 0 Å². The summed E-state index contributed by atoms with van der Waals surface area (Å²) in [5.74, 6) is 0.315. The lowest BCUT2D eigenvalue weighted by molar-refractivity contribution is -0.128. The molecule has 0 bridgehead atoms. The van der Waals surface area contributed by atoms with Crippen molar-refractivity contribution in [3.05, 3.63) is 34.3 Å². The fourth-order valence-electron chi connectivity index (χ4n) is 1.99. The highest BCUT2D eigenvalue weighted by atomic mass is 79.9. The Bertz CT molecular complexity index is 367. The Labute approximate surface area is 91.6 Å². The largest absolute Gasteiger partial charge is 0.330 e. The predicted molar refractivity (Wildman–Crippen MR) is 59.1 cm³/mol. The highest BCUT2D eigenvalue weighted by molar-refractivity contribution is 9.10. The zero-order chi connectivity index (χ0) is 10.2. The Morgan fingerprint density at radius 2 is 2.14 bits per heavy atom. The van der Waals surface area contributed by atoms with Crippen LogP contribution in [0.2, 0.25) is 0 Å². The van der Waals surface area contributed by atoms with E-state index in [0.717, 1.165) is 4.47 Å². The summed E-state index contributed by atoms with van der Waals surface area (Å²) in [5.41, 5.74) is 6.84. The van der Waals surface area contributed by atoms with Crippen LogP contribution in [0.1, 0.15) is 18.4 Å². The SMILES string of the molecule is NCC1(c2cccc(Br)c2)CC(=O)C1.